The minimum absolute atomic E-state index is 0.408. The first-order valence-corrected chi connectivity index (χ1v) is 6.76. The van der Waals surface area contributed by atoms with Gasteiger partial charge in [-0.2, -0.15) is 11.8 Å². The van der Waals surface area contributed by atoms with Crippen molar-refractivity contribution in [1.82, 2.24) is 10.3 Å². The second-order valence-electron chi connectivity index (χ2n) is 4.40. The van der Waals surface area contributed by atoms with Gasteiger partial charge in [0, 0.05) is 11.3 Å². The molecule has 1 aliphatic rings. The standard InChI is InChI=1S/C11H14N4OS/c1-17-11(4-5-11)6-13-8-3-2-7(12)9-10(8)15-16-14-9/h2-3,13H,4-6,12H2,1H3. The van der Waals surface area contributed by atoms with Crippen LogP contribution >= 0.6 is 11.8 Å². The molecule has 0 bridgehead atoms. The Morgan fingerprint density at radius 1 is 1.41 bits per heavy atom. The van der Waals surface area contributed by atoms with Crippen molar-refractivity contribution in [3.8, 4) is 0 Å². The van der Waals surface area contributed by atoms with E-state index in [0.717, 1.165) is 12.2 Å². The molecule has 0 amide bonds. The van der Waals surface area contributed by atoms with Crippen LogP contribution in [0.2, 0.25) is 0 Å². The van der Waals surface area contributed by atoms with Crippen LogP contribution in [0.15, 0.2) is 16.8 Å². The van der Waals surface area contributed by atoms with E-state index in [4.69, 9.17) is 10.4 Å². The van der Waals surface area contributed by atoms with Gasteiger partial charge in [0.05, 0.1) is 11.4 Å². The Kier molecular flexibility index (Phi) is 2.39. The Bertz CT molecular complexity index is 549. The van der Waals surface area contributed by atoms with E-state index >= 15 is 0 Å². The van der Waals surface area contributed by atoms with Gasteiger partial charge in [-0.25, -0.2) is 4.63 Å². The lowest BCUT2D eigenvalue weighted by Gasteiger charge is -2.14. The molecule has 17 heavy (non-hydrogen) atoms. The molecule has 1 heterocycles. The minimum Gasteiger partial charge on any atom is -0.397 e. The van der Waals surface area contributed by atoms with Crippen molar-refractivity contribution < 1.29 is 4.63 Å². The predicted molar refractivity (Wildman–Crippen MR) is 70.2 cm³/mol. The van der Waals surface area contributed by atoms with Crippen LogP contribution in [0.5, 0.6) is 0 Å². The molecule has 0 atom stereocenters. The molecule has 1 aromatic carbocycles. The second kappa shape index (κ2) is 3.80. The van der Waals surface area contributed by atoms with E-state index in [0.29, 0.717) is 21.5 Å². The molecular weight excluding hydrogens is 236 g/mol. The molecule has 2 aromatic rings. The summed E-state index contributed by atoms with van der Waals surface area (Å²) in [5.74, 6) is 0. The average molecular weight is 250 g/mol. The number of fused-ring (bicyclic) bond motifs is 1. The maximum absolute atomic E-state index is 5.80. The fraction of sp³-hybridized carbons (Fsp3) is 0.455. The minimum atomic E-state index is 0.408. The van der Waals surface area contributed by atoms with Crippen molar-refractivity contribution >= 4 is 34.2 Å². The highest BCUT2D eigenvalue weighted by Crippen LogP contribution is 2.47. The molecule has 3 rings (SSSR count). The van der Waals surface area contributed by atoms with Gasteiger partial charge < -0.3 is 11.1 Å². The van der Waals surface area contributed by atoms with Crippen LogP contribution < -0.4 is 11.1 Å². The number of hydrogen-bond acceptors (Lipinski definition) is 6. The van der Waals surface area contributed by atoms with E-state index < -0.39 is 0 Å². The largest absolute Gasteiger partial charge is 0.397 e. The number of nitrogen functional groups attached to an aromatic ring is 1. The van der Waals surface area contributed by atoms with Crippen molar-refractivity contribution in [3.63, 3.8) is 0 Å². The quantitative estimate of drug-likeness (QED) is 0.809. The highest BCUT2D eigenvalue weighted by atomic mass is 32.2. The second-order valence-corrected chi connectivity index (χ2v) is 5.68. The van der Waals surface area contributed by atoms with Gasteiger partial charge in [-0.15, -0.1) is 0 Å². The Balaban J connectivity index is 1.85. The highest BCUT2D eigenvalue weighted by molar-refractivity contribution is 8.00. The summed E-state index contributed by atoms with van der Waals surface area (Å²) in [4.78, 5) is 0. The fourth-order valence-electron chi connectivity index (χ4n) is 1.88. The molecule has 6 heteroatoms. The van der Waals surface area contributed by atoms with Crippen LogP contribution in [-0.2, 0) is 0 Å². The number of hydrogen-bond donors (Lipinski definition) is 2. The predicted octanol–water partition coefficient (Wildman–Crippen LogP) is 2.11. The number of aromatic nitrogens is 2. The van der Waals surface area contributed by atoms with Gasteiger partial charge in [0.15, 0.2) is 11.0 Å². The van der Waals surface area contributed by atoms with Crippen molar-refractivity contribution in [1.29, 1.82) is 0 Å². The van der Waals surface area contributed by atoms with E-state index in [-0.39, 0.29) is 0 Å². The fourth-order valence-corrected chi connectivity index (χ4v) is 2.60. The molecule has 0 unspecified atom stereocenters. The Morgan fingerprint density at radius 3 is 2.88 bits per heavy atom. The van der Waals surface area contributed by atoms with Gasteiger partial charge >= 0.3 is 0 Å². The molecule has 1 saturated carbocycles. The Labute approximate surface area is 103 Å². The number of anilines is 2. The van der Waals surface area contributed by atoms with Crippen LogP contribution in [0, 0.1) is 0 Å². The Morgan fingerprint density at radius 2 is 2.18 bits per heavy atom. The van der Waals surface area contributed by atoms with E-state index in [1.54, 1.807) is 0 Å². The monoisotopic (exact) mass is 250 g/mol. The van der Waals surface area contributed by atoms with E-state index in [9.17, 15) is 0 Å². The van der Waals surface area contributed by atoms with Crippen molar-refractivity contribution in [3.05, 3.63) is 12.1 Å². The molecule has 5 nitrogen and oxygen atoms in total. The summed E-state index contributed by atoms with van der Waals surface area (Å²) in [5, 5.41) is 11.1. The van der Waals surface area contributed by atoms with Crippen molar-refractivity contribution in [2.75, 3.05) is 23.9 Å². The molecule has 1 fully saturated rings. The average Bonchev–Trinajstić information content (AvgIpc) is 2.95. The zero-order valence-corrected chi connectivity index (χ0v) is 10.4. The molecule has 1 aliphatic carbocycles. The molecule has 3 N–H and O–H groups in total. The third-order valence-corrected chi connectivity index (χ3v) is 4.71. The zero-order chi connectivity index (χ0) is 11.9. The number of thioether (sulfide) groups is 1. The van der Waals surface area contributed by atoms with Gasteiger partial charge in [-0.3, -0.25) is 0 Å². The number of rotatable bonds is 4. The molecule has 90 valence electrons. The third-order valence-electron chi connectivity index (χ3n) is 3.29. The van der Waals surface area contributed by atoms with Crippen molar-refractivity contribution in [2.24, 2.45) is 0 Å². The number of benzene rings is 1. The molecule has 1 aromatic heterocycles. The summed E-state index contributed by atoms with van der Waals surface area (Å²) in [6, 6.07) is 3.76. The molecule has 0 saturated heterocycles. The summed E-state index contributed by atoms with van der Waals surface area (Å²) in [5.41, 5.74) is 8.67. The molecule has 0 spiro atoms. The van der Waals surface area contributed by atoms with Crippen LogP contribution in [0.1, 0.15) is 12.8 Å². The summed E-state index contributed by atoms with van der Waals surface area (Å²) in [6.07, 6.45) is 4.71. The maximum Gasteiger partial charge on any atom is 0.160 e. The third kappa shape index (κ3) is 1.82. The first-order chi connectivity index (χ1) is 8.24. The number of nitrogens with one attached hydrogen (secondary N) is 1. The van der Waals surface area contributed by atoms with Gasteiger partial charge in [0.2, 0.25) is 0 Å². The first kappa shape index (κ1) is 10.7. The normalized spacial score (nSPS) is 17.2. The van der Waals surface area contributed by atoms with Crippen molar-refractivity contribution in [2.45, 2.75) is 17.6 Å². The van der Waals surface area contributed by atoms with E-state index in [1.165, 1.54) is 12.8 Å². The number of nitrogens with two attached hydrogens (primary N) is 1. The number of nitrogens with zero attached hydrogens (tertiary/aromatic N) is 2. The lowest BCUT2D eigenvalue weighted by molar-refractivity contribution is 0.316. The summed E-state index contributed by atoms with van der Waals surface area (Å²) < 4.78 is 5.14. The molecule has 0 radical (unpaired) electrons. The molecular formula is C11H14N4OS. The molecule has 0 aliphatic heterocycles. The van der Waals surface area contributed by atoms with Gasteiger partial charge in [-0.1, -0.05) is 0 Å². The Hall–Kier alpha value is -1.43. The van der Waals surface area contributed by atoms with Gasteiger partial charge in [-0.05, 0) is 41.5 Å². The summed E-state index contributed by atoms with van der Waals surface area (Å²) in [7, 11) is 0. The lowest BCUT2D eigenvalue weighted by Crippen LogP contribution is -2.17. The van der Waals surface area contributed by atoms with E-state index in [2.05, 4.69) is 21.9 Å². The van der Waals surface area contributed by atoms with Crippen LogP contribution in [0.4, 0.5) is 11.4 Å². The first-order valence-electron chi connectivity index (χ1n) is 5.54. The summed E-state index contributed by atoms with van der Waals surface area (Å²) in [6.45, 7) is 0.944. The zero-order valence-electron chi connectivity index (χ0n) is 9.56. The van der Waals surface area contributed by atoms with Gasteiger partial charge in [0.25, 0.3) is 0 Å². The van der Waals surface area contributed by atoms with Crippen LogP contribution in [0.3, 0.4) is 0 Å². The maximum atomic E-state index is 5.80. The SMILES string of the molecule is CSC1(CNc2ccc(N)c3nonc23)CC1. The van der Waals surface area contributed by atoms with E-state index in [1.807, 2.05) is 23.9 Å². The topological polar surface area (TPSA) is 77.0 Å². The van der Waals surface area contributed by atoms with Gasteiger partial charge in [0.1, 0.15) is 0 Å². The van der Waals surface area contributed by atoms with Crippen LogP contribution in [-0.4, -0.2) is 27.9 Å². The van der Waals surface area contributed by atoms with Crippen LogP contribution in [0.25, 0.3) is 11.0 Å². The smallest absolute Gasteiger partial charge is 0.160 e. The summed E-state index contributed by atoms with van der Waals surface area (Å²) >= 11 is 1.92. The lowest BCUT2D eigenvalue weighted by atomic mass is 10.2. The highest BCUT2D eigenvalue weighted by Gasteiger charge is 2.41.